The van der Waals surface area contributed by atoms with E-state index in [1.54, 1.807) is 18.2 Å². The molecule has 0 fully saturated rings. The first-order valence-electron chi connectivity index (χ1n) is 8.20. The summed E-state index contributed by atoms with van der Waals surface area (Å²) in [6.07, 6.45) is 1.53. The Balaban J connectivity index is 1.93. The van der Waals surface area contributed by atoms with Gasteiger partial charge in [-0.25, -0.2) is 9.79 Å². The number of cyclic esters (lactones) is 1. The summed E-state index contributed by atoms with van der Waals surface area (Å²) in [6.45, 7) is 2.36. The van der Waals surface area contributed by atoms with E-state index in [9.17, 15) is 14.9 Å². The Morgan fingerprint density at radius 3 is 2.68 bits per heavy atom. The minimum Gasteiger partial charge on any atom is -0.493 e. The summed E-state index contributed by atoms with van der Waals surface area (Å²) in [7, 11) is 1.52. The second-order valence-electron chi connectivity index (χ2n) is 5.60. The summed E-state index contributed by atoms with van der Waals surface area (Å²) in [5.41, 5.74) is 0.840. The molecule has 1 aliphatic heterocycles. The molecule has 2 aromatic rings. The first-order chi connectivity index (χ1) is 13.4. The van der Waals surface area contributed by atoms with Gasteiger partial charge in [0, 0.05) is 12.1 Å². The molecule has 9 heteroatoms. The minimum absolute atomic E-state index is 0.0194. The Morgan fingerprint density at radius 1 is 1.25 bits per heavy atom. The molecule has 0 unspecified atom stereocenters. The predicted octanol–water partition coefficient (Wildman–Crippen LogP) is 4.00. The lowest BCUT2D eigenvalue weighted by atomic mass is 10.1. The van der Waals surface area contributed by atoms with Crippen LogP contribution in [0, 0.1) is 10.1 Å². The maximum absolute atomic E-state index is 12.2. The van der Waals surface area contributed by atoms with Crippen LogP contribution in [0.15, 0.2) is 47.1 Å². The van der Waals surface area contributed by atoms with Crippen molar-refractivity contribution in [1.29, 1.82) is 0 Å². The van der Waals surface area contributed by atoms with Crippen molar-refractivity contribution in [1.82, 2.24) is 0 Å². The topological polar surface area (TPSA) is 100 Å². The highest BCUT2D eigenvalue weighted by atomic mass is 35.5. The average Bonchev–Trinajstić information content (AvgIpc) is 3.03. The monoisotopic (exact) mass is 402 g/mol. The van der Waals surface area contributed by atoms with E-state index in [0.29, 0.717) is 23.7 Å². The number of methoxy groups -OCH3 is 1. The molecule has 0 atom stereocenters. The Labute approximate surface area is 165 Å². The van der Waals surface area contributed by atoms with E-state index >= 15 is 0 Å². The predicted molar refractivity (Wildman–Crippen MR) is 103 cm³/mol. The molecule has 3 rings (SSSR count). The van der Waals surface area contributed by atoms with Gasteiger partial charge in [-0.2, -0.15) is 0 Å². The molecule has 0 aromatic heterocycles. The van der Waals surface area contributed by atoms with E-state index in [0.717, 1.165) is 0 Å². The number of aliphatic imine (C=N–C) groups is 1. The van der Waals surface area contributed by atoms with Gasteiger partial charge in [0.05, 0.1) is 29.2 Å². The number of nitro groups is 1. The van der Waals surface area contributed by atoms with Crippen LogP contribution in [0.3, 0.4) is 0 Å². The number of carbonyl (C=O) groups is 1. The Kier molecular flexibility index (Phi) is 5.60. The zero-order chi connectivity index (χ0) is 20.3. The number of halogens is 1. The molecular formula is C19H15ClN2O6. The van der Waals surface area contributed by atoms with E-state index in [2.05, 4.69) is 4.99 Å². The maximum atomic E-state index is 12.2. The van der Waals surface area contributed by atoms with E-state index in [1.807, 2.05) is 6.92 Å². The van der Waals surface area contributed by atoms with Crippen molar-refractivity contribution in [2.75, 3.05) is 13.7 Å². The van der Waals surface area contributed by atoms with Crippen molar-refractivity contribution in [2.45, 2.75) is 6.92 Å². The number of hydrogen-bond donors (Lipinski definition) is 0. The van der Waals surface area contributed by atoms with E-state index < -0.39 is 10.9 Å². The van der Waals surface area contributed by atoms with E-state index in [1.165, 1.54) is 31.4 Å². The number of hydrogen-bond acceptors (Lipinski definition) is 7. The van der Waals surface area contributed by atoms with Crippen molar-refractivity contribution in [2.24, 2.45) is 4.99 Å². The zero-order valence-corrected chi connectivity index (χ0v) is 15.7. The second kappa shape index (κ2) is 8.10. The number of carbonyl (C=O) groups excluding carboxylic acids is 1. The van der Waals surface area contributed by atoms with Gasteiger partial charge in [-0.05, 0) is 36.8 Å². The summed E-state index contributed by atoms with van der Waals surface area (Å²) in [4.78, 5) is 26.6. The summed E-state index contributed by atoms with van der Waals surface area (Å²) in [6, 6.07) is 9.00. The summed E-state index contributed by atoms with van der Waals surface area (Å²) in [5, 5.41) is 10.9. The second-order valence-corrected chi connectivity index (χ2v) is 6.01. The Morgan fingerprint density at radius 2 is 2.04 bits per heavy atom. The van der Waals surface area contributed by atoms with Crippen molar-refractivity contribution in [3.05, 3.63) is 68.4 Å². The molecule has 1 heterocycles. The third-order valence-corrected chi connectivity index (χ3v) is 4.12. The minimum atomic E-state index is -0.655. The lowest BCUT2D eigenvalue weighted by Gasteiger charge is -2.09. The van der Waals surface area contributed by atoms with Gasteiger partial charge in [-0.15, -0.1) is 0 Å². The van der Waals surface area contributed by atoms with Gasteiger partial charge in [0.25, 0.3) is 5.69 Å². The molecule has 1 aliphatic rings. The summed E-state index contributed by atoms with van der Waals surface area (Å²) in [5.74, 6) is 0.430. The van der Waals surface area contributed by atoms with Crippen molar-refractivity contribution < 1.29 is 23.9 Å². The third-order valence-electron chi connectivity index (χ3n) is 3.81. The number of esters is 1. The maximum Gasteiger partial charge on any atom is 0.363 e. The molecule has 0 saturated heterocycles. The van der Waals surface area contributed by atoms with Gasteiger partial charge in [-0.3, -0.25) is 10.1 Å². The summed E-state index contributed by atoms with van der Waals surface area (Å²) >= 11 is 6.07. The van der Waals surface area contributed by atoms with E-state index in [4.69, 9.17) is 25.8 Å². The first-order valence-corrected chi connectivity index (χ1v) is 8.58. The zero-order valence-electron chi connectivity index (χ0n) is 15.0. The molecule has 0 aliphatic carbocycles. The molecule has 0 saturated carbocycles. The molecule has 0 bridgehead atoms. The van der Waals surface area contributed by atoms with Crippen LogP contribution in [0.4, 0.5) is 5.69 Å². The van der Waals surface area contributed by atoms with Crippen molar-refractivity contribution >= 4 is 35.2 Å². The lowest BCUT2D eigenvalue weighted by Crippen LogP contribution is -2.06. The molecule has 8 nitrogen and oxygen atoms in total. The first kappa shape index (κ1) is 19.4. The quantitative estimate of drug-likeness (QED) is 0.313. The van der Waals surface area contributed by atoms with Gasteiger partial charge >= 0.3 is 5.97 Å². The van der Waals surface area contributed by atoms with Crippen LogP contribution in [-0.2, 0) is 9.53 Å². The fourth-order valence-electron chi connectivity index (χ4n) is 2.52. The van der Waals surface area contributed by atoms with Crippen LogP contribution in [0.2, 0.25) is 5.02 Å². The van der Waals surface area contributed by atoms with Crippen LogP contribution in [0.25, 0.3) is 6.08 Å². The molecular weight excluding hydrogens is 388 g/mol. The summed E-state index contributed by atoms with van der Waals surface area (Å²) < 4.78 is 15.9. The number of nitrogens with zero attached hydrogens (tertiary/aromatic N) is 2. The SMILES string of the molecule is CCOc1ccc(C=C2N=C(c3ccc([N+](=O)[O-])cc3Cl)OC2=O)cc1OC. The molecule has 0 radical (unpaired) electrons. The molecule has 28 heavy (non-hydrogen) atoms. The highest BCUT2D eigenvalue weighted by molar-refractivity contribution is 6.34. The highest BCUT2D eigenvalue weighted by Crippen LogP contribution is 2.30. The van der Waals surface area contributed by atoms with Crippen LogP contribution in [0.1, 0.15) is 18.1 Å². The molecule has 2 aromatic carbocycles. The van der Waals surface area contributed by atoms with Gasteiger partial charge in [0.1, 0.15) is 0 Å². The smallest absolute Gasteiger partial charge is 0.363 e. The van der Waals surface area contributed by atoms with Gasteiger partial charge in [0.2, 0.25) is 5.90 Å². The van der Waals surface area contributed by atoms with Gasteiger partial charge < -0.3 is 14.2 Å². The van der Waals surface area contributed by atoms with E-state index in [-0.39, 0.29) is 27.9 Å². The lowest BCUT2D eigenvalue weighted by molar-refractivity contribution is -0.384. The van der Waals surface area contributed by atoms with Crippen LogP contribution in [-0.4, -0.2) is 30.5 Å². The standard InChI is InChI=1S/C19H15ClN2O6/c1-3-27-16-7-4-11(9-17(16)26-2)8-15-19(23)28-18(21-15)13-6-5-12(22(24)25)10-14(13)20/h4-10H,3H2,1-2H3. The fraction of sp³-hybridized carbons (Fsp3) is 0.158. The number of benzene rings is 2. The van der Waals surface area contributed by atoms with Gasteiger partial charge in [0.15, 0.2) is 17.2 Å². The highest BCUT2D eigenvalue weighted by Gasteiger charge is 2.26. The van der Waals surface area contributed by atoms with Crippen LogP contribution >= 0.6 is 11.6 Å². The number of nitro benzene ring substituents is 1. The number of rotatable bonds is 6. The molecule has 144 valence electrons. The van der Waals surface area contributed by atoms with Crippen LogP contribution < -0.4 is 9.47 Å². The van der Waals surface area contributed by atoms with Crippen LogP contribution in [0.5, 0.6) is 11.5 Å². The average molecular weight is 403 g/mol. The normalized spacial score (nSPS) is 14.6. The molecule has 0 spiro atoms. The van der Waals surface area contributed by atoms with Crippen molar-refractivity contribution in [3.8, 4) is 11.5 Å². The Bertz CT molecular complexity index is 1020. The largest absolute Gasteiger partial charge is 0.493 e. The number of ether oxygens (including phenoxy) is 3. The third kappa shape index (κ3) is 3.96. The fourth-order valence-corrected chi connectivity index (χ4v) is 2.78. The Hall–Kier alpha value is -3.39. The molecule has 0 N–H and O–H groups in total. The van der Waals surface area contributed by atoms with Gasteiger partial charge in [-0.1, -0.05) is 17.7 Å². The van der Waals surface area contributed by atoms with Crippen molar-refractivity contribution in [3.63, 3.8) is 0 Å². The number of non-ortho nitro benzene ring substituents is 1. The molecule has 0 amide bonds.